The Balaban J connectivity index is 1.97. The standard InChI is InChI=1S/C33H39FO5/c1-8-23(19-31(35)37-6)24-11-10-12-26(18-24)39-21-22-13-15-27(28-20-25(36-5)14-16-30(28)34)29(17-22)32(38-7)33(3,4)9-2/h9-18,20,23,32H,2,8,19,21H2,1,3-7H3/t23?,32-/m0/s1. The van der Waals surface area contributed by atoms with Crippen LogP contribution in [0.4, 0.5) is 4.39 Å². The Morgan fingerprint density at radius 2 is 1.77 bits per heavy atom. The van der Waals surface area contributed by atoms with E-state index >= 15 is 4.39 Å². The fourth-order valence-electron chi connectivity index (χ4n) is 4.75. The molecule has 0 heterocycles. The van der Waals surface area contributed by atoms with E-state index < -0.39 is 5.41 Å². The molecule has 39 heavy (non-hydrogen) atoms. The van der Waals surface area contributed by atoms with Gasteiger partial charge in [-0.3, -0.25) is 4.79 Å². The molecule has 2 atom stereocenters. The second kappa shape index (κ2) is 13.4. The van der Waals surface area contributed by atoms with Gasteiger partial charge >= 0.3 is 5.97 Å². The summed E-state index contributed by atoms with van der Waals surface area (Å²) in [7, 11) is 4.61. The summed E-state index contributed by atoms with van der Waals surface area (Å²) in [6.07, 6.45) is 2.59. The third-order valence-electron chi connectivity index (χ3n) is 7.17. The molecule has 0 saturated carbocycles. The van der Waals surface area contributed by atoms with Gasteiger partial charge in [0.25, 0.3) is 0 Å². The van der Waals surface area contributed by atoms with E-state index in [0.717, 1.165) is 23.1 Å². The Bertz CT molecular complexity index is 1280. The first kappa shape index (κ1) is 29.9. The van der Waals surface area contributed by atoms with Crippen LogP contribution in [0, 0.1) is 11.2 Å². The molecule has 3 rings (SSSR count). The summed E-state index contributed by atoms with van der Waals surface area (Å²) in [5, 5.41) is 0. The molecule has 0 saturated heterocycles. The van der Waals surface area contributed by atoms with Crippen molar-refractivity contribution >= 4 is 5.97 Å². The average Bonchev–Trinajstić information content (AvgIpc) is 2.95. The van der Waals surface area contributed by atoms with Crippen molar-refractivity contribution in [3.63, 3.8) is 0 Å². The van der Waals surface area contributed by atoms with Gasteiger partial charge in [0.1, 0.15) is 23.9 Å². The first-order valence-electron chi connectivity index (χ1n) is 13.1. The normalized spacial score (nSPS) is 12.9. The van der Waals surface area contributed by atoms with Gasteiger partial charge in [0, 0.05) is 18.1 Å². The quantitative estimate of drug-likeness (QED) is 0.164. The fraction of sp³-hybridized carbons (Fsp3) is 0.364. The van der Waals surface area contributed by atoms with E-state index in [1.54, 1.807) is 26.4 Å². The Labute approximate surface area is 231 Å². The Morgan fingerprint density at radius 1 is 1.00 bits per heavy atom. The Hall–Kier alpha value is -3.64. The lowest BCUT2D eigenvalue weighted by Gasteiger charge is -2.32. The third kappa shape index (κ3) is 7.27. The molecule has 0 bridgehead atoms. The van der Waals surface area contributed by atoms with E-state index in [9.17, 15) is 4.79 Å². The molecule has 0 fully saturated rings. The SMILES string of the molecule is C=CC(C)(C)[C@@H](OC)c1cc(COc2cccc(C(CC)CC(=O)OC)c2)ccc1-c1cc(OC)ccc1F. The van der Waals surface area contributed by atoms with Gasteiger partial charge in [-0.25, -0.2) is 4.39 Å². The molecule has 0 aromatic heterocycles. The number of carbonyl (C=O) groups excluding carboxylic acids is 1. The van der Waals surface area contributed by atoms with Gasteiger partial charge in [-0.1, -0.05) is 51.1 Å². The van der Waals surface area contributed by atoms with Crippen molar-refractivity contribution in [2.75, 3.05) is 21.3 Å². The van der Waals surface area contributed by atoms with Crippen molar-refractivity contribution in [2.45, 2.75) is 52.2 Å². The zero-order valence-corrected chi connectivity index (χ0v) is 23.8. The Morgan fingerprint density at radius 3 is 2.41 bits per heavy atom. The molecule has 0 radical (unpaired) electrons. The molecule has 0 N–H and O–H groups in total. The van der Waals surface area contributed by atoms with Gasteiger partial charge in [-0.15, -0.1) is 6.58 Å². The third-order valence-corrected chi connectivity index (χ3v) is 7.17. The minimum absolute atomic E-state index is 0.0493. The van der Waals surface area contributed by atoms with E-state index in [0.29, 0.717) is 35.7 Å². The number of rotatable bonds is 13. The maximum Gasteiger partial charge on any atom is 0.306 e. The largest absolute Gasteiger partial charge is 0.497 e. The van der Waals surface area contributed by atoms with Crippen molar-refractivity contribution in [2.24, 2.45) is 5.41 Å². The minimum atomic E-state index is -0.429. The maximum atomic E-state index is 15.1. The highest BCUT2D eigenvalue weighted by Crippen LogP contribution is 2.43. The number of carbonyl (C=O) groups is 1. The van der Waals surface area contributed by atoms with Crippen molar-refractivity contribution in [1.82, 2.24) is 0 Å². The number of hydrogen-bond acceptors (Lipinski definition) is 5. The second-order valence-corrected chi connectivity index (χ2v) is 10.2. The molecule has 208 valence electrons. The summed E-state index contributed by atoms with van der Waals surface area (Å²) in [4.78, 5) is 11.8. The van der Waals surface area contributed by atoms with E-state index in [1.807, 2.05) is 69.3 Å². The molecule has 0 amide bonds. The van der Waals surface area contributed by atoms with Crippen LogP contribution in [0.2, 0.25) is 0 Å². The maximum absolute atomic E-state index is 15.1. The van der Waals surface area contributed by atoms with Crippen LogP contribution >= 0.6 is 0 Å². The van der Waals surface area contributed by atoms with Crippen molar-refractivity contribution in [1.29, 1.82) is 0 Å². The van der Waals surface area contributed by atoms with Gasteiger partial charge in [0.05, 0.1) is 26.7 Å². The van der Waals surface area contributed by atoms with Gasteiger partial charge < -0.3 is 18.9 Å². The van der Waals surface area contributed by atoms with Crippen LogP contribution < -0.4 is 9.47 Å². The topological polar surface area (TPSA) is 54.0 Å². The van der Waals surface area contributed by atoms with E-state index in [1.165, 1.54) is 13.2 Å². The summed E-state index contributed by atoms with van der Waals surface area (Å²) in [5.74, 6) is 0.743. The summed E-state index contributed by atoms with van der Waals surface area (Å²) in [6, 6.07) is 18.3. The highest BCUT2D eigenvalue weighted by molar-refractivity contribution is 5.71. The monoisotopic (exact) mass is 534 g/mol. The average molecular weight is 535 g/mol. The number of esters is 1. The van der Waals surface area contributed by atoms with Gasteiger partial charge in [0.15, 0.2) is 0 Å². The summed E-state index contributed by atoms with van der Waals surface area (Å²) in [6.45, 7) is 10.4. The number of ether oxygens (including phenoxy) is 4. The van der Waals surface area contributed by atoms with Crippen LogP contribution in [-0.2, 0) is 20.9 Å². The first-order valence-corrected chi connectivity index (χ1v) is 13.1. The lowest BCUT2D eigenvalue weighted by Crippen LogP contribution is -2.22. The van der Waals surface area contributed by atoms with E-state index in [-0.39, 0.29) is 23.8 Å². The first-order chi connectivity index (χ1) is 18.7. The van der Waals surface area contributed by atoms with Crippen LogP contribution in [-0.4, -0.2) is 27.3 Å². The van der Waals surface area contributed by atoms with Crippen LogP contribution in [0.5, 0.6) is 11.5 Å². The molecule has 0 aliphatic carbocycles. The number of halogens is 1. The fourth-order valence-corrected chi connectivity index (χ4v) is 4.75. The molecule has 5 nitrogen and oxygen atoms in total. The van der Waals surface area contributed by atoms with Crippen LogP contribution in [0.1, 0.15) is 62.3 Å². The molecule has 1 unspecified atom stereocenters. The number of hydrogen-bond donors (Lipinski definition) is 0. The summed E-state index contributed by atoms with van der Waals surface area (Å²) < 4.78 is 37.4. The molecular weight excluding hydrogens is 495 g/mol. The zero-order valence-electron chi connectivity index (χ0n) is 23.8. The minimum Gasteiger partial charge on any atom is -0.497 e. The smallest absolute Gasteiger partial charge is 0.306 e. The van der Waals surface area contributed by atoms with Crippen LogP contribution in [0.25, 0.3) is 11.1 Å². The van der Waals surface area contributed by atoms with Crippen LogP contribution in [0.3, 0.4) is 0 Å². The number of benzene rings is 3. The summed E-state index contributed by atoms with van der Waals surface area (Å²) in [5.41, 5.74) is 3.48. The van der Waals surface area contributed by atoms with Crippen LogP contribution in [0.15, 0.2) is 73.3 Å². The molecule has 3 aromatic rings. The Kier molecular flexibility index (Phi) is 10.3. The van der Waals surface area contributed by atoms with Crippen molar-refractivity contribution in [3.05, 3.63) is 95.8 Å². The predicted octanol–water partition coefficient (Wildman–Crippen LogP) is 8.04. The highest BCUT2D eigenvalue weighted by Gasteiger charge is 2.31. The van der Waals surface area contributed by atoms with Crippen molar-refractivity contribution in [3.8, 4) is 22.6 Å². The van der Waals surface area contributed by atoms with Gasteiger partial charge in [-0.05, 0) is 71.0 Å². The molecule has 0 aliphatic rings. The summed E-state index contributed by atoms with van der Waals surface area (Å²) >= 11 is 0. The van der Waals surface area contributed by atoms with Gasteiger partial charge in [0.2, 0.25) is 0 Å². The second-order valence-electron chi connectivity index (χ2n) is 10.2. The zero-order chi connectivity index (χ0) is 28.6. The van der Waals surface area contributed by atoms with Gasteiger partial charge in [-0.2, -0.15) is 0 Å². The molecular formula is C33H39FO5. The van der Waals surface area contributed by atoms with E-state index in [2.05, 4.69) is 6.58 Å². The van der Waals surface area contributed by atoms with Crippen molar-refractivity contribution < 1.29 is 28.1 Å². The lowest BCUT2D eigenvalue weighted by molar-refractivity contribution is -0.141. The van der Waals surface area contributed by atoms with E-state index in [4.69, 9.17) is 18.9 Å². The molecule has 0 spiro atoms. The molecule has 6 heteroatoms. The lowest BCUT2D eigenvalue weighted by atomic mass is 9.79. The molecule has 3 aromatic carbocycles. The number of methoxy groups -OCH3 is 3. The predicted molar refractivity (Wildman–Crippen MR) is 153 cm³/mol. The molecule has 0 aliphatic heterocycles. The highest BCUT2D eigenvalue weighted by atomic mass is 19.1.